The fourth-order valence-corrected chi connectivity index (χ4v) is 23.8. The van der Waals surface area contributed by atoms with Gasteiger partial charge < -0.3 is 0 Å². The maximum absolute atomic E-state index is 2.38. The molecule has 2 heterocycles. The summed E-state index contributed by atoms with van der Waals surface area (Å²) in [5, 5.41) is 6.77. The average Bonchev–Trinajstić information content (AvgIpc) is 2.85. The first-order valence-corrected chi connectivity index (χ1v) is 12.3. The Morgan fingerprint density at radius 1 is 0.625 bits per heavy atom. The lowest BCUT2D eigenvalue weighted by Crippen LogP contribution is -2.13. The fraction of sp³-hybridized carbons (Fsp3) is 0. The van der Waals surface area contributed by atoms with Crippen LogP contribution in [0.2, 0.25) is 0 Å². The number of rotatable bonds is 0. The molecule has 0 saturated carbocycles. The van der Waals surface area contributed by atoms with Crippen molar-refractivity contribution in [3.63, 3.8) is 0 Å². The highest BCUT2D eigenvalue weighted by Crippen LogP contribution is 2.90. The van der Waals surface area contributed by atoms with Crippen LogP contribution in [0, 0.1) is 0 Å². The Morgan fingerprint density at radius 2 is 1.06 bits per heavy atom. The molecule has 16 heavy (non-hydrogen) atoms. The fourth-order valence-electron chi connectivity index (χ4n) is 2.17. The highest BCUT2D eigenvalue weighted by atomic mass is 32.6. The molecule has 4 atom stereocenters. The van der Waals surface area contributed by atoms with E-state index in [9.17, 15) is 0 Å². The van der Waals surface area contributed by atoms with Crippen LogP contribution in [0.5, 0.6) is 0 Å². The summed E-state index contributed by atoms with van der Waals surface area (Å²) in [6.07, 6.45) is 0. The lowest BCUT2D eigenvalue weighted by molar-refractivity contribution is 1.83. The number of hydrogen-bond acceptors (Lipinski definition) is 0. The van der Waals surface area contributed by atoms with Crippen molar-refractivity contribution in [3.05, 3.63) is 48.5 Å². The molecule has 0 bridgehead atoms. The first kappa shape index (κ1) is 10.1. The Morgan fingerprint density at radius 3 is 1.56 bits per heavy atom. The second-order valence-electron chi connectivity index (χ2n) is 3.88. The summed E-state index contributed by atoms with van der Waals surface area (Å²) in [6, 6.07) is 18.3. The van der Waals surface area contributed by atoms with E-state index in [4.69, 9.17) is 0 Å². The molecule has 2 aromatic carbocycles. The minimum atomic E-state index is 0.169. The Kier molecular flexibility index (Phi) is 2.42. The molecule has 4 rings (SSSR count). The lowest BCUT2D eigenvalue weighted by atomic mass is 10.4. The molecule has 4 heteroatoms. The van der Waals surface area contributed by atoms with Crippen molar-refractivity contribution in [2.24, 2.45) is 0 Å². The molecule has 2 aliphatic rings. The van der Waals surface area contributed by atoms with Gasteiger partial charge in [0, 0.05) is 0 Å². The molecule has 0 spiro atoms. The van der Waals surface area contributed by atoms with Gasteiger partial charge in [-0.3, -0.25) is 0 Å². The summed E-state index contributed by atoms with van der Waals surface area (Å²) < 4.78 is 0. The minimum Gasteiger partial charge on any atom is -0.0616 e. The zero-order valence-corrected chi connectivity index (χ0v) is 12.3. The van der Waals surface area contributed by atoms with Crippen molar-refractivity contribution in [3.8, 4) is 0 Å². The molecule has 0 N–H and O–H groups in total. The molecule has 78 valence electrons. The van der Waals surface area contributed by atoms with Crippen LogP contribution in [0.1, 0.15) is 0 Å². The van der Waals surface area contributed by atoms with Crippen molar-refractivity contribution < 1.29 is 0 Å². The van der Waals surface area contributed by atoms with Gasteiger partial charge in [0.25, 0.3) is 0 Å². The average molecular weight is 278 g/mol. The minimum absolute atomic E-state index is 0.169. The van der Waals surface area contributed by atoms with Gasteiger partial charge in [0.15, 0.2) is 0 Å². The second kappa shape index (κ2) is 3.83. The van der Waals surface area contributed by atoms with Crippen LogP contribution in [-0.2, 0) is 0 Å². The van der Waals surface area contributed by atoms with E-state index in [1.807, 2.05) is 0 Å². The van der Waals surface area contributed by atoms with Crippen LogP contribution in [-0.4, -0.2) is 0 Å². The normalized spacial score (nSPS) is 28.0. The van der Waals surface area contributed by atoms with Crippen LogP contribution < -0.4 is 21.2 Å². The summed E-state index contributed by atoms with van der Waals surface area (Å²) in [7, 11) is 2.50. The molecule has 0 radical (unpaired) electrons. The molecule has 0 amide bonds. The van der Waals surface area contributed by atoms with Crippen LogP contribution in [0.3, 0.4) is 0 Å². The van der Waals surface area contributed by atoms with Crippen molar-refractivity contribution in [1.82, 2.24) is 0 Å². The van der Waals surface area contributed by atoms with Gasteiger partial charge in [0.1, 0.15) is 0 Å². The first-order chi connectivity index (χ1) is 7.93. The molecular formula is C12H10P4. The van der Waals surface area contributed by atoms with Gasteiger partial charge in [0.05, 0.1) is 0 Å². The summed E-state index contributed by atoms with van der Waals surface area (Å²) in [5.41, 5.74) is 0. The van der Waals surface area contributed by atoms with Crippen LogP contribution in [0.4, 0.5) is 0 Å². The Balaban J connectivity index is 1.86. The molecule has 0 fully saturated rings. The maximum atomic E-state index is 2.38. The van der Waals surface area contributed by atoms with Gasteiger partial charge in [-0.2, -0.15) is 0 Å². The molecule has 0 nitrogen and oxygen atoms in total. The van der Waals surface area contributed by atoms with Crippen LogP contribution >= 0.6 is 31.1 Å². The van der Waals surface area contributed by atoms with E-state index >= 15 is 0 Å². The summed E-state index contributed by atoms with van der Waals surface area (Å²) in [5.74, 6) is 0. The molecule has 2 aromatic rings. The van der Waals surface area contributed by atoms with Crippen LogP contribution in [0.25, 0.3) is 0 Å². The monoisotopic (exact) mass is 278 g/mol. The molecule has 0 aromatic heterocycles. The Hall–Kier alpha value is 0.160. The number of fused-ring (bicyclic) bond motifs is 5. The van der Waals surface area contributed by atoms with E-state index in [1.165, 1.54) is 0 Å². The van der Waals surface area contributed by atoms with Gasteiger partial charge in [-0.1, -0.05) is 65.1 Å². The van der Waals surface area contributed by atoms with E-state index in [2.05, 4.69) is 48.5 Å². The van der Waals surface area contributed by atoms with Crippen molar-refractivity contribution in [2.75, 3.05) is 0 Å². The number of hydrogen-bond donors (Lipinski definition) is 0. The first-order valence-electron chi connectivity index (χ1n) is 5.25. The molecular weight excluding hydrogens is 268 g/mol. The Bertz CT molecular complexity index is 515. The van der Waals surface area contributed by atoms with Crippen LogP contribution in [0.15, 0.2) is 48.5 Å². The molecule has 0 saturated heterocycles. The smallest absolute Gasteiger partial charge is 0.00692 e. The van der Waals surface area contributed by atoms with Crippen molar-refractivity contribution in [1.29, 1.82) is 0 Å². The largest absolute Gasteiger partial charge is 0.0616 e. The Labute approximate surface area is 101 Å². The predicted molar refractivity (Wildman–Crippen MR) is 81.9 cm³/mol. The zero-order chi connectivity index (χ0) is 10.5. The quantitative estimate of drug-likeness (QED) is 0.650. The standard InChI is InChI=1S/C12H10P4/c1-3-7-11-9(5-1)13-16-12-8-4-2-6-10(12)14-15(11)16/h1-8,13-14H. The summed E-state index contributed by atoms with van der Waals surface area (Å²) >= 11 is 0. The SMILES string of the molecule is c1ccc2c(c1)PP1c3ccccc3PP21. The van der Waals surface area contributed by atoms with E-state index in [0.29, 0.717) is 0 Å². The van der Waals surface area contributed by atoms with Gasteiger partial charge >= 0.3 is 0 Å². The van der Waals surface area contributed by atoms with Crippen molar-refractivity contribution in [2.45, 2.75) is 0 Å². The summed E-state index contributed by atoms with van der Waals surface area (Å²) in [6.45, 7) is 0. The molecule has 4 unspecified atom stereocenters. The highest BCUT2D eigenvalue weighted by molar-refractivity contribution is 8.80. The van der Waals surface area contributed by atoms with Crippen molar-refractivity contribution >= 4 is 52.4 Å². The van der Waals surface area contributed by atoms with E-state index in [1.54, 1.807) is 21.2 Å². The third-order valence-corrected chi connectivity index (χ3v) is 21.1. The van der Waals surface area contributed by atoms with Gasteiger partial charge in [0.2, 0.25) is 0 Å². The highest BCUT2D eigenvalue weighted by Gasteiger charge is 2.39. The number of benzene rings is 2. The topological polar surface area (TPSA) is 0 Å². The second-order valence-corrected chi connectivity index (χ2v) is 16.3. The van der Waals surface area contributed by atoms with E-state index in [0.717, 1.165) is 16.5 Å². The predicted octanol–water partition coefficient (Wildman–Crippen LogP) is 2.98. The molecule has 0 aliphatic carbocycles. The third kappa shape index (κ3) is 1.38. The van der Waals surface area contributed by atoms with E-state index < -0.39 is 0 Å². The lowest BCUT2D eigenvalue weighted by Gasteiger charge is -2.10. The third-order valence-electron chi connectivity index (χ3n) is 2.92. The van der Waals surface area contributed by atoms with Gasteiger partial charge in [-0.05, 0) is 35.8 Å². The van der Waals surface area contributed by atoms with E-state index in [-0.39, 0.29) is 14.6 Å². The van der Waals surface area contributed by atoms with Gasteiger partial charge in [-0.15, -0.1) is 0 Å². The summed E-state index contributed by atoms with van der Waals surface area (Å²) in [4.78, 5) is 0. The zero-order valence-electron chi connectivity index (χ0n) is 8.51. The van der Waals surface area contributed by atoms with Gasteiger partial charge in [-0.25, -0.2) is 0 Å². The maximum Gasteiger partial charge on any atom is -0.00692 e. The molecule has 2 aliphatic heterocycles.